The third kappa shape index (κ3) is 12.1. The van der Waals surface area contributed by atoms with Gasteiger partial charge < -0.3 is 0 Å². The van der Waals surface area contributed by atoms with E-state index in [0.29, 0.717) is 0 Å². The average Bonchev–Trinajstić information content (AvgIpc) is 2.71. The van der Waals surface area contributed by atoms with Crippen molar-refractivity contribution in [3.05, 3.63) is 0 Å². The fourth-order valence-electron chi connectivity index (χ4n) is 2.55. The number of phosphoric ester groups is 1. The molecule has 0 radical (unpaired) electrons. The normalized spacial score (nSPS) is 18.2. The highest BCUT2D eigenvalue weighted by molar-refractivity contribution is 7.48. The van der Waals surface area contributed by atoms with Crippen molar-refractivity contribution in [3.8, 4) is 0 Å². The summed E-state index contributed by atoms with van der Waals surface area (Å²) in [6.45, 7) is -2.32. The lowest BCUT2D eigenvalue weighted by Gasteiger charge is -2.31. The van der Waals surface area contributed by atoms with E-state index in [4.69, 9.17) is 13.6 Å². The molecule has 0 rings (SSSR count). The van der Waals surface area contributed by atoms with Gasteiger partial charge in [-0.3, -0.25) is 13.6 Å². The van der Waals surface area contributed by atoms with E-state index in [1.54, 1.807) is 0 Å². The second kappa shape index (κ2) is 13.4. The van der Waals surface area contributed by atoms with E-state index in [1.807, 2.05) is 0 Å². The summed E-state index contributed by atoms with van der Waals surface area (Å²) >= 11 is 0. The first-order valence-corrected chi connectivity index (χ1v) is 11.5. The van der Waals surface area contributed by atoms with Crippen molar-refractivity contribution in [3.63, 3.8) is 0 Å². The zero-order chi connectivity index (χ0) is 25.2. The molecule has 0 aromatic heterocycles. The molecule has 0 saturated heterocycles. The van der Waals surface area contributed by atoms with E-state index in [2.05, 4.69) is 0 Å². The summed E-state index contributed by atoms with van der Waals surface area (Å²) in [5.41, 5.74) is 0. The summed E-state index contributed by atoms with van der Waals surface area (Å²) < 4.78 is 146. The predicted octanol–water partition coefficient (Wildman–Crippen LogP) is 7.46. The van der Waals surface area contributed by atoms with Crippen LogP contribution in [0.1, 0.15) is 59.3 Å². The van der Waals surface area contributed by atoms with Crippen molar-refractivity contribution in [1.29, 1.82) is 0 Å². The molecular formula is C18H30F9O4P. The van der Waals surface area contributed by atoms with E-state index in [1.165, 1.54) is 20.8 Å². The molecule has 0 amide bonds. The predicted molar refractivity (Wildman–Crippen MR) is 99.7 cm³/mol. The minimum atomic E-state index is -5.09. The van der Waals surface area contributed by atoms with Gasteiger partial charge >= 0.3 is 7.82 Å². The highest BCUT2D eigenvalue weighted by atomic mass is 31.2. The van der Waals surface area contributed by atoms with Crippen LogP contribution in [0, 0.1) is 0 Å². The molecule has 0 aliphatic rings. The molecule has 0 bridgehead atoms. The van der Waals surface area contributed by atoms with Crippen LogP contribution in [-0.4, -0.2) is 56.1 Å². The molecule has 0 N–H and O–H groups in total. The summed E-state index contributed by atoms with van der Waals surface area (Å²) in [6, 6.07) is 0. The van der Waals surface area contributed by atoms with E-state index in [0.717, 1.165) is 0 Å². The van der Waals surface area contributed by atoms with Crippen molar-refractivity contribution in [2.24, 2.45) is 0 Å². The van der Waals surface area contributed by atoms with Crippen molar-refractivity contribution in [2.45, 2.75) is 95.4 Å². The number of halogens is 9. The van der Waals surface area contributed by atoms with Gasteiger partial charge in [-0.2, -0.15) is 0 Å². The lowest BCUT2D eigenvalue weighted by atomic mass is 10.1. The quantitative estimate of drug-likeness (QED) is 0.141. The van der Waals surface area contributed by atoms with Crippen LogP contribution in [-0.2, 0) is 18.1 Å². The lowest BCUT2D eigenvalue weighted by Crippen LogP contribution is -2.32. The molecule has 3 unspecified atom stereocenters. The highest BCUT2D eigenvalue weighted by Crippen LogP contribution is 2.56. The molecule has 0 aromatic carbocycles. The Kier molecular flexibility index (Phi) is 13.2. The Morgan fingerprint density at radius 2 is 0.812 bits per heavy atom. The summed E-state index contributed by atoms with van der Waals surface area (Å²) in [5.74, 6) is -11.7. The number of phosphoric acid groups is 1. The first-order valence-electron chi connectivity index (χ1n) is 10.1. The van der Waals surface area contributed by atoms with Gasteiger partial charge in [-0.25, -0.2) is 44.1 Å². The Labute approximate surface area is 181 Å². The van der Waals surface area contributed by atoms with Crippen LogP contribution in [0.4, 0.5) is 39.5 Å². The summed E-state index contributed by atoms with van der Waals surface area (Å²) in [5, 5.41) is 0. The van der Waals surface area contributed by atoms with Gasteiger partial charge in [0, 0.05) is 19.3 Å². The van der Waals surface area contributed by atoms with E-state index in [9.17, 15) is 44.1 Å². The molecule has 0 spiro atoms. The first-order chi connectivity index (χ1) is 14.6. The molecule has 0 fully saturated rings. The van der Waals surface area contributed by atoms with Gasteiger partial charge in [0.05, 0.1) is 18.3 Å². The maximum atomic E-state index is 13.5. The summed E-state index contributed by atoms with van der Waals surface area (Å²) in [4.78, 5) is 0. The molecule has 3 atom stereocenters. The second-order valence-corrected chi connectivity index (χ2v) is 8.96. The zero-order valence-electron chi connectivity index (χ0n) is 18.1. The molecule has 194 valence electrons. The largest absolute Gasteiger partial charge is 0.475 e. The zero-order valence-corrected chi connectivity index (χ0v) is 19.0. The van der Waals surface area contributed by atoms with Crippen molar-refractivity contribution >= 4 is 7.82 Å². The number of rotatable bonds is 18. The van der Waals surface area contributed by atoms with Gasteiger partial charge in [-0.15, -0.1) is 0 Å². The maximum absolute atomic E-state index is 13.5. The fraction of sp³-hybridized carbons (Fsp3) is 1.00. The van der Waals surface area contributed by atoms with Crippen LogP contribution >= 0.6 is 7.82 Å². The van der Waals surface area contributed by atoms with Gasteiger partial charge in [0.25, 0.3) is 17.8 Å². The van der Waals surface area contributed by atoms with Crippen LogP contribution < -0.4 is 0 Å². The number of hydrogen-bond donors (Lipinski definition) is 0. The smallest absolute Gasteiger partial charge is 0.283 e. The first kappa shape index (κ1) is 31.5. The van der Waals surface area contributed by atoms with E-state index >= 15 is 0 Å². The Balaban J connectivity index is 5.83. The van der Waals surface area contributed by atoms with Crippen molar-refractivity contribution < 1.29 is 57.7 Å². The molecular weight excluding hydrogens is 482 g/mol. The molecule has 0 heterocycles. The van der Waals surface area contributed by atoms with Crippen LogP contribution in [0.3, 0.4) is 0 Å². The Hall–Kier alpha value is -0.520. The molecule has 0 saturated carbocycles. The molecule has 14 heteroatoms. The SMILES string of the molecule is CCC(CC(F)(F)CF)OP(=O)(OC(CC)CC(F)(F)CF)OC(CC)CC(F)(F)CF. The number of alkyl halides is 9. The van der Waals surface area contributed by atoms with Gasteiger partial charge in [0.15, 0.2) is 20.0 Å². The monoisotopic (exact) mass is 512 g/mol. The van der Waals surface area contributed by atoms with Gasteiger partial charge in [-0.05, 0) is 19.3 Å². The highest BCUT2D eigenvalue weighted by Gasteiger charge is 2.44. The molecule has 4 nitrogen and oxygen atoms in total. The Morgan fingerprint density at radius 1 is 0.594 bits per heavy atom. The second-order valence-electron chi connectivity index (χ2n) is 7.44. The average molecular weight is 512 g/mol. The topological polar surface area (TPSA) is 44.8 Å². The van der Waals surface area contributed by atoms with Crippen LogP contribution in [0.2, 0.25) is 0 Å². The molecule has 0 aliphatic heterocycles. The third-order valence-electron chi connectivity index (χ3n) is 4.37. The van der Waals surface area contributed by atoms with E-state index < -0.39 is 83.2 Å². The van der Waals surface area contributed by atoms with Crippen molar-refractivity contribution in [2.75, 3.05) is 20.0 Å². The van der Waals surface area contributed by atoms with Crippen LogP contribution in [0.25, 0.3) is 0 Å². The lowest BCUT2D eigenvalue weighted by molar-refractivity contribution is -0.0863. The number of hydrogen-bond acceptors (Lipinski definition) is 4. The van der Waals surface area contributed by atoms with Crippen LogP contribution in [0.15, 0.2) is 0 Å². The Bertz CT molecular complexity index is 505. The molecule has 32 heavy (non-hydrogen) atoms. The standard InChI is InChI=1S/C18H30F9O4P/c1-4-13(7-16(22,23)10-19)29-32(28,30-14(5-2)8-17(24,25)11-20)31-15(6-3)9-18(26,27)12-21/h13-15H,4-12H2,1-3H3. The van der Waals surface area contributed by atoms with Gasteiger partial charge in [-0.1, -0.05) is 20.8 Å². The minimum Gasteiger partial charge on any atom is -0.283 e. The summed E-state index contributed by atoms with van der Waals surface area (Å²) in [6.07, 6.45) is -9.67. The van der Waals surface area contributed by atoms with Crippen molar-refractivity contribution in [1.82, 2.24) is 0 Å². The summed E-state index contributed by atoms with van der Waals surface area (Å²) in [7, 11) is -5.09. The molecule has 0 aliphatic carbocycles. The van der Waals surface area contributed by atoms with Gasteiger partial charge in [0.2, 0.25) is 0 Å². The molecule has 0 aromatic rings. The minimum absolute atomic E-state index is 0.277. The fourth-order valence-corrected chi connectivity index (χ4v) is 4.47. The Morgan fingerprint density at radius 3 is 0.969 bits per heavy atom. The maximum Gasteiger partial charge on any atom is 0.475 e. The van der Waals surface area contributed by atoms with E-state index in [-0.39, 0.29) is 19.3 Å². The van der Waals surface area contributed by atoms with Gasteiger partial charge in [0.1, 0.15) is 0 Å². The third-order valence-corrected chi connectivity index (χ3v) is 6.04. The van der Waals surface area contributed by atoms with Crippen LogP contribution in [0.5, 0.6) is 0 Å².